The first-order valence-electron chi connectivity index (χ1n) is 6.61. The third-order valence-electron chi connectivity index (χ3n) is 2.78. The smallest absolute Gasteiger partial charge is 0.323 e. The quantitative estimate of drug-likeness (QED) is 0.875. The number of benzene rings is 1. The summed E-state index contributed by atoms with van der Waals surface area (Å²) in [6.45, 7) is 5.00. The molecule has 1 aromatic rings. The maximum absolute atomic E-state index is 13.0. The van der Waals surface area contributed by atoms with Crippen molar-refractivity contribution in [2.75, 3.05) is 13.2 Å². The number of halogens is 1. The molecule has 0 saturated heterocycles. The molecule has 1 aromatic carbocycles. The molecule has 0 saturated carbocycles. The van der Waals surface area contributed by atoms with Crippen LogP contribution in [0.2, 0.25) is 0 Å². The van der Waals surface area contributed by atoms with Gasteiger partial charge in [-0.05, 0) is 32.9 Å². The van der Waals surface area contributed by atoms with Crippen molar-refractivity contribution in [2.24, 2.45) is 0 Å². The molecule has 0 aliphatic rings. The molecule has 5 nitrogen and oxygen atoms in total. The van der Waals surface area contributed by atoms with Crippen LogP contribution in [0.4, 0.5) is 4.39 Å². The number of aliphatic carboxylic acids is 1. The number of amides is 1. The van der Waals surface area contributed by atoms with Crippen molar-refractivity contribution >= 4 is 11.9 Å². The standard InChI is InChI=1S/C15H20FNO4/c1-15(2,3)17(10-14(19)20)13(18)7-8-21-12-6-4-5-11(16)9-12/h4-6,9H,7-8,10H2,1-3H3,(H,19,20). The maximum atomic E-state index is 13.0. The number of hydrogen-bond acceptors (Lipinski definition) is 3. The molecule has 1 amide bonds. The average molecular weight is 297 g/mol. The molecule has 6 heteroatoms. The van der Waals surface area contributed by atoms with Gasteiger partial charge in [-0.1, -0.05) is 6.07 Å². The van der Waals surface area contributed by atoms with E-state index in [2.05, 4.69) is 0 Å². The number of carboxylic acids is 1. The molecule has 0 aliphatic carbocycles. The van der Waals surface area contributed by atoms with Gasteiger partial charge < -0.3 is 14.7 Å². The Labute approximate surface area is 123 Å². The highest BCUT2D eigenvalue weighted by atomic mass is 19.1. The van der Waals surface area contributed by atoms with Gasteiger partial charge in [0.2, 0.25) is 5.91 Å². The fourth-order valence-corrected chi connectivity index (χ4v) is 1.78. The summed E-state index contributed by atoms with van der Waals surface area (Å²) in [5.74, 6) is -1.46. The molecule has 0 fully saturated rings. The molecule has 0 atom stereocenters. The molecule has 0 heterocycles. The fraction of sp³-hybridized carbons (Fsp3) is 0.467. The SMILES string of the molecule is CC(C)(C)N(CC(=O)O)C(=O)CCOc1cccc(F)c1. The molecule has 1 N–H and O–H groups in total. The minimum absolute atomic E-state index is 0.0288. The van der Waals surface area contributed by atoms with E-state index in [1.54, 1.807) is 26.8 Å². The van der Waals surface area contributed by atoms with Crippen LogP contribution in [-0.2, 0) is 9.59 Å². The molecule has 116 valence electrons. The van der Waals surface area contributed by atoms with Gasteiger partial charge in [0.25, 0.3) is 0 Å². The molecule has 0 bridgehead atoms. The summed E-state index contributed by atoms with van der Waals surface area (Å²) in [7, 11) is 0. The molecule has 0 spiro atoms. The number of carboxylic acid groups (broad SMARTS) is 1. The van der Waals surface area contributed by atoms with E-state index in [9.17, 15) is 14.0 Å². The third kappa shape index (κ3) is 5.81. The number of carbonyl (C=O) groups is 2. The van der Waals surface area contributed by atoms with E-state index in [1.807, 2.05) is 0 Å². The first kappa shape index (κ1) is 16.9. The highest BCUT2D eigenvalue weighted by Gasteiger charge is 2.27. The summed E-state index contributed by atoms with van der Waals surface area (Å²) in [6, 6.07) is 5.63. The van der Waals surface area contributed by atoms with E-state index in [-0.39, 0.29) is 25.5 Å². The van der Waals surface area contributed by atoms with E-state index in [0.29, 0.717) is 5.75 Å². The molecule has 0 aromatic heterocycles. The lowest BCUT2D eigenvalue weighted by Crippen LogP contribution is -2.48. The second kappa shape index (κ2) is 7.06. The van der Waals surface area contributed by atoms with Gasteiger partial charge in [0.1, 0.15) is 18.1 Å². The van der Waals surface area contributed by atoms with Crippen molar-refractivity contribution in [2.45, 2.75) is 32.7 Å². The fourth-order valence-electron chi connectivity index (χ4n) is 1.78. The number of carbonyl (C=O) groups excluding carboxylic acids is 1. The number of hydrogen-bond donors (Lipinski definition) is 1. The molecule has 0 radical (unpaired) electrons. The molecular weight excluding hydrogens is 277 g/mol. The maximum Gasteiger partial charge on any atom is 0.323 e. The van der Waals surface area contributed by atoms with Crippen molar-refractivity contribution in [1.29, 1.82) is 0 Å². The van der Waals surface area contributed by atoms with E-state index in [1.165, 1.54) is 23.1 Å². The van der Waals surface area contributed by atoms with Crippen LogP contribution in [0.15, 0.2) is 24.3 Å². The summed E-state index contributed by atoms with van der Waals surface area (Å²) in [5, 5.41) is 8.86. The van der Waals surface area contributed by atoms with Gasteiger partial charge >= 0.3 is 5.97 Å². The summed E-state index contributed by atoms with van der Waals surface area (Å²) in [5.41, 5.74) is -0.589. The Morgan fingerprint density at radius 3 is 2.52 bits per heavy atom. The van der Waals surface area contributed by atoms with Crippen LogP contribution in [0.5, 0.6) is 5.75 Å². The second-order valence-electron chi connectivity index (χ2n) is 5.60. The first-order chi connectivity index (χ1) is 9.70. The number of ether oxygens (including phenoxy) is 1. The third-order valence-corrected chi connectivity index (χ3v) is 2.78. The van der Waals surface area contributed by atoms with Crippen molar-refractivity contribution in [1.82, 2.24) is 4.90 Å². The minimum atomic E-state index is -1.07. The lowest BCUT2D eigenvalue weighted by Gasteiger charge is -2.34. The monoisotopic (exact) mass is 297 g/mol. The molecule has 0 unspecified atom stereocenters. The highest BCUT2D eigenvalue weighted by molar-refractivity contribution is 5.82. The average Bonchev–Trinajstić information content (AvgIpc) is 2.34. The Morgan fingerprint density at radius 1 is 1.33 bits per heavy atom. The molecule has 1 rings (SSSR count). The summed E-state index contributed by atoms with van der Waals surface area (Å²) in [6.07, 6.45) is 0.0288. The molecule has 0 aliphatic heterocycles. The zero-order valence-electron chi connectivity index (χ0n) is 12.4. The van der Waals surface area contributed by atoms with E-state index >= 15 is 0 Å². The van der Waals surface area contributed by atoms with Crippen molar-refractivity contribution in [3.05, 3.63) is 30.1 Å². The van der Waals surface area contributed by atoms with Crippen LogP contribution in [0.1, 0.15) is 27.2 Å². The predicted molar refractivity (Wildman–Crippen MR) is 75.6 cm³/mol. The summed E-state index contributed by atoms with van der Waals surface area (Å²) in [4.78, 5) is 24.2. The summed E-state index contributed by atoms with van der Waals surface area (Å²) >= 11 is 0. The van der Waals surface area contributed by atoms with Crippen molar-refractivity contribution in [3.63, 3.8) is 0 Å². The lowest BCUT2D eigenvalue weighted by molar-refractivity contribution is -0.148. The Hall–Kier alpha value is -2.11. The van der Waals surface area contributed by atoms with Crippen LogP contribution in [0.3, 0.4) is 0 Å². The Bertz CT molecular complexity index is 511. The van der Waals surface area contributed by atoms with Crippen LogP contribution < -0.4 is 4.74 Å². The largest absolute Gasteiger partial charge is 0.493 e. The zero-order chi connectivity index (χ0) is 16.0. The summed E-state index contributed by atoms with van der Waals surface area (Å²) < 4.78 is 18.3. The topological polar surface area (TPSA) is 66.8 Å². The number of nitrogens with zero attached hydrogens (tertiary/aromatic N) is 1. The van der Waals surface area contributed by atoms with Gasteiger partial charge in [0.05, 0.1) is 13.0 Å². The van der Waals surface area contributed by atoms with Crippen molar-refractivity contribution < 1.29 is 23.8 Å². The normalized spacial score (nSPS) is 11.0. The van der Waals surface area contributed by atoms with Gasteiger partial charge in [-0.2, -0.15) is 0 Å². The van der Waals surface area contributed by atoms with E-state index in [0.717, 1.165) is 0 Å². The highest BCUT2D eigenvalue weighted by Crippen LogP contribution is 2.16. The van der Waals surface area contributed by atoms with Crippen LogP contribution >= 0.6 is 0 Å². The predicted octanol–water partition coefficient (Wildman–Crippen LogP) is 2.31. The molecular formula is C15H20FNO4. The number of rotatable bonds is 6. The zero-order valence-corrected chi connectivity index (χ0v) is 12.4. The van der Waals surface area contributed by atoms with Gasteiger partial charge in [0.15, 0.2) is 0 Å². The Morgan fingerprint density at radius 2 is 2.00 bits per heavy atom. The van der Waals surface area contributed by atoms with E-state index in [4.69, 9.17) is 9.84 Å². The Balaban J connectivity index is 2.56. The van der Waals surface area contributed by atoms with Gasteiger partial charge in [-0.25, -0.2) is 4.39 Å². The van der Waals surface area contributed by atoms with Gasteiger partial charge in [-0.15, -0.1) is 0 Å². The van der Waals surface area contributed by atoms with E-state index < -0.39 is 17.3 Å². The minimum Gasteiger partial charge on any atom is -0.493 e. The van der Waals surface area contributed by atoms with Crippen molar-refractivity contribution in [3.8, 4) is 5.75 Å². The lowest BCUT2D eigenvalue weighted by atomic mass is 10.1. The van der Waals surface area contributed by atoms with Crippen LogP contribution in [0, 0.1) is 5.82 Å². The first-order valence-corrected chi connectivity index (χ1v) is 6.61. The van der Waals surface area contributed by atoms with Gasteiger partial charge in [-0.3, -0.25) is 9.59 Å². The Kier molecular flexibility index (Phi) is 5.69. The van der Waals surface area contributed by atoms with Crippen LogP contribution in [-0.4, -0.2) is 40.6 Å². The van der Waals surface area contributed by atoms with Crippen LogP contribution in [0.25, 0.3) is 0 Å². The van der Waals surface area contributed by atoms with Gasteiger partial charge in [0, 0.05) is 11.6 Å². The second-order valence-corrected chi connectivity index (χ2v) is 5.60. The molecule has 21 heavy (non-hydrogen) atoms.